The van der Waals surface area contributed by atoms with E-state index in [-0.39, 0.29) is 5.82 Å². The summed E-state index contributed by atoms with van der Waals surface area (Å²) in [6.07, 6.45) is 1.67. The molecule has 2 aromatic rings. The van der Waals surface area contributed by atoms with Crippen LogP contribution in [-0.4, -0.2) is 14.8 Å². The second kappa shape index (κ2) is 5.34. The number of nitrogens with one attached hydrogen (secondary N) is 1. The Labute approximate surface area is 112 Å². The Kier molecular flexibility index (Phi) is 3.81. The molecule has 0 saturated carbocycles. The van der Waals surface area contributed by atoms with Gasteiger partial charge in [0.2, 0.25) is 0 Å². The van der Waals surface area contributed by atoms with Gasteiger partial charge < -0.3 is 15.6 Å². The Bertz CT molecular complexity index is 554. The van der Waals surface area contributed by atoms with Crippen LogP contribution in [0.15, 0.2) is 22.9 Å². The molecule has 2 rings (SSSR count). The third-order valence-electron chi connectivity index (χ3n) is 2.57. The predicted molar refractivity (Wildman–Crippen MR) is 71.5 cm³/mol. The molecule has 0 radical (unpaired) electrons. The number of hydrogen-bond donors (Lipinski definition) is 2. The maximum Gasteiger partial charge on any atom is 0.152 e. The summed E-state index contributed by atoms with van der Waals surface area (Å²) in [5.74, 6) is 0.423. The van der Waals surface area contributed by atoms with Gasteiger partial charge >= 0.3 is 0 Å². The maximum atomic E-state index is 13.2. The number of anilines is 2. The van der Waals surface area contributed by atoms with Crippen molar-refractivity contribution in [1.29, 1.82) is 0 Å². The zero-order chi connectivity index (χ0) is 13.1. The first-order valence-electron chi connectivity index (χ1n) is 5.47. The Balaban J connectivity index is 2.13. The molecule has 0 aliphatic rings. The van der Waals surface area contributed by atoms with E-state index in [2.05, 4.69) is 31.4 Å². The van der Waals surface area contributed by atoms with E-state index in [1.54, 1.807) is 12.4 Å². The molecule has 1 aromatic carbocycles. The van der Waals surface area contributed by atoms with Gasteiger partial charge in [-0.2, -0.15) is 0 Å². The van der Waals surface area contributed by atoms with E-state index in [4.69, 9.17) is 5.73 Å². The van der Waals surface area contributed by atoms with Crippen molar-refractivity contribution in [2.75, 3.05) is 11.1 Å². The van der Waals surface area contributed by atoms with Crippen molar-refractivity contribution in [3.8, 4) is 0 Å². The van der Waals surface area contributed by atoms with Crippen molar-refractivity contribution < 1.29 is 4.39 Å². The van der Waals surface area contributed by atoms with Crippen LogP contribution in [0.25, 0.3) is 0 Å². The van der Waals surface area contributed by atoms with Gasteiger partial charge in [0, 0.05) is 12.6 Å². The summed E-state index contributed by atoms with van der Waals surface area (Å²) in [6.45, 7) is 3.29. The SMILES string of the molecule is CCn1cnnc1CNc1cc(Br)c(F)cc1N. The fourth-order valence-electron chi connectivity index (χ4n) is 1.57. The van der Waals surface area contributed by atoms with Gasteiger partial charge in [-0.3, -0.25) is 0 Å². The monoisotopic (exact) mass is 313 g/mol. The lowest BCUT2D eigenvalue weighted by molar-refractivity contribution is 0.622. The molecule has 7 heteroatoms. The Morgan fingerprint density at radius 3 is 3.00 bits per heavy atom. The molecule has 18 heavy (non-hydrogen) atoms. The topological polar surface area (TPSA) is 68.8 Å². The van der Waals surface area contributed by atoms with Crippen LogP contribution in [0, 0.1) is 5.82 Å². The molecule has 0 amide bonds. The van der Waals surface area contributed by atoms with Crippen molar-refractivity contribution in [3.63, 3.8) is 0 Å². The molecule has 3 N–H and O–H groups in total. The second-order valence-corrected chi connectivity index (χ2v) is 4.59. The van der Waals surface area contributed by atoms with Crippen molar-refractivity contribution in [3.05, 3.63) is 34.6 Å². The third-order valence-corrected chi connectivity index (χ3v) is 3.17. The van der Waals surface area contributed by atoms with Gasteiger partial charge in [-0.05, 0) is 28.9 Å². The molecular weight excluding hydrogens is 301 g/mol. The molecule has 0 unspecified atom stereocenters. The lowest BCUT2D eigenvalue weighted by Gasteiger charge is -2.10. The number of hydrogen-bond acceptors (Lipinski definition) is 4. The Morgan fingerprint density at radius 2 is 2.28 bits per heavy atom. The van der Waals surface area contributed by atoms with E-state index >= 15 is 0 Å². The van der Waals surface area contributed by atoms with Crippen LogP contribution in [0.3, 0.4) is 0 Å². The number of aryl methyl sites for hydroxylation is 1. The van der Waals surface area contributed by atoms with E-state index in [1.807, 2.05) is 11.5 Å². The molecule has 0 spiro atoms. The first-order chi connectivity index (χ1) is 8.61. The molecule has 1 aromatic heterocycles. The highest BCUT2D eigenvalue weighted by atomic mass is 79.9. The minimum atomic E-state index is -0.380. The first kappa shape index (κ1) is 12.8. The number of rotatable bonds is 4. The van der Waals surface area contributed by atoms with Gasteiger partial charge in [-0.1, -0.05) is 0 Å². The summed E-state index contributed by atoms with van der Waals surface area (Å²) in [5, 5.41) is 10.9. The summed E-state index contributed by atoms with van der Waals surface area (Å²) in [4.78, 5) is 0. The predicted octanol–water partition coefficient (Wildman–Crippen LogP) is 2.39. The Hall–Kier alpha value is -1.63. The fraction of sp³-hybridized carbons (Fsp3) is 0.273. The quantitative estimate of drug-likeness (QED) is 0.850. The third kappa shape index (κ3) is 2.61. The van der Waals surface area contributed by atoms with Crippen LogP contribution in [0.5, 0.6) is 0 Å². The normalized spacial score (nSPS) is 10.6. The minimum Gasteiger partial charge on any atom is -0.397 e. The molecule has 0 aliphatic heterocycles. The number of benzene rings is 1. The van der Waals surface area contributed by atoms with Gasteiger partial charge in [-0.25, -0.2) is 4.39 Å². The van der Waals surface area contributed by atoms with Crippen LogP contribution < -0.4 is 11.1 Å². The van der Waals surface area contributed by atoms with Crippen molar-refractivity contribution in [2.45, 2.75) is 20.0 Å². The summed E-state index contributed by atoms with van der Waals surface area (Å²) < 4.78 is 15.5. The zero-order valence-corrected chi connectivity index (χ0v) is 11.4. The van der Waals surface area contributed by atoms with E-state index in [0.29, 0.717) is 22.4 Å². The summed E-state index contributed by atoms with van der Waals surface area (Å²) >= 11 is 3.12. The van der Waals surface area contributed by atoms with Crippen molar-refractivity contribution >= 4 is 27.3 Å². The average molecular weight is 314 g/mol. The first-order valence-corrected chi connectivity index (χ1v) is 6.26. The molecule has 1 heterocycles. The molecule has 96 valence electrons. The van der Waals surface area contributed by atoms with Gasteiger partial charge in [0.05, 0.1) is 22.4 Å². The van der Waals surface area contributed by atoms with Crippen LogP contribution in [-0.2, 0) is 13.1 Å². The van der Waals surface area contributed by atoms with E-state index in [9.17, 15) is 4.39 Å². The average Bonchev–Trinajstić information content (AvgIpc) is 2.79. The second-order valence-electron chi connectivity index (χ2n) is 3.74. The van der Waals surface area contributed by atoms with E-state index in [1.165, 1.54) is 6.07 Å². The lowest BCUT2D eigenvalue weighted by atomic mass is 10.2. The summed E-state index contributed by atoms with van der Waals surface area (Å²) in [5.41, 5.74) is 6.75. The largest absolute Gasteiger partial charge is 0.397 e. The van der Waals surface area contributed by atoms with Crippen LogP contribution in [0.4, 0.5) is 15.8 Å². The zero-order valence-electron chi connectivity index (χ0n) is 9.82. The van der Waals surface area contributed by atoms with Gasteiger partial charge in [0.15, 0.2) is 5.82 Å². The highest BCUT2D eigenvalue weighted by molar-refractivity contribution is 9.10. The number of nitrogens with zero attached hydrogens (tertiary/aromatic N) is 3. The highest BCUT2D eigenvalue weighted by Crippen LogP contribution is 2.26. The molecule has 0 aliphatic carbocycles. The van der Waals surface area contributed by atoms with Gasteiger partial charge in [-0.15, -0.1) is 10.2 Å². The fourth-order valence-corrected chi connectivity index (χ4v) is 1.91. The molecule has 0 fully saturated rings. The van der Waals surface area contributed by atoms with Gasteiger partial charge in [0.25, 0.3) is 0 Å². The van der Waals surface area contributed by atoms with Crippen molar-refractivity contribution in [2.24, 2.45) is 0 Å². The number of halogens is 2. The summed E-state index contributed by atoms with van der Waals surface area (Å²) in [7, 11) is 0. The highest BCUT2D eigenvalue weighted by Gasteiger charge is 2.07. The number of nitrogens with two attached hydrogens (primary N) is 1. The molecule has 0 saturated heterocycles. The smallest absolute Gasteiger partial charge is 0.152 e. The standard InChI is InChI=1S/C11H13BrFN5/c1-2-18-6-16-17-11(18)5-15-10-3-7(12)8(13)4-9(10)14/h3-4,6,15H,2,5,14H2,1H3. The van der Waals surface area contributed by atoms with Crippen LogP contribution >= 0.6 is 15.9 Å². The van der Waals surface area contributed by atoms with Crippen LogP contribution in [0.2, 0.25) is 0 Å². The number of aromatic nitrogens is 3. The van der Waals surface area contributed by atoms with E-state index < -0.39 is 0 Å². The lowest BCUT2D eigenvalue weighted by Crippen LogP contribution is -2.09. The Morgan fingerprint density at radius 1 is 1.50 bits per heavy atom. The van der Waals surface area contributed by atoms with Crippen LogP contribution in [0.1, 0.15) is 12.7 Å². The van der Waals surface area contributed by atoms with Gasteiger partial charge in [0.1, 0.15) is 12.1 Å². The van der Waals surface area contributed by atoms with E-state index in [0.717, 1.165) is 12.4 Å². The maximum absolute atomic E-state index is 13.2. The molecular formula is C11H13BrFN5. The number of nitrogen functional groups attached to an aromatic ring is 1. The molecule has 0 atom stereocenters. The molecule has 5 nitrogen and oxygen atoms in total. The summed E-state index contributed by atoms with van der Waals surface area (Å²) in [6, 6.07) is 2.88. The van der Waals surface area contributed by atoms with Crippen molar-refractivity contribution in [1.82, 2.24) is 14.8 Å². The minimum absolute atomic E-state index is 0.360. The molecule has 0 bridgehead atoms.